The van der Waals surface area contributed by atoms with Crippen molar-refractivity contribution in [1.82, 2.24) is 20.1 Å². The first kappa shape index (κ1) is 32.9. The van der Waals surface area contributed by atoms with Gasteiger partial charge in [0.25, 0.3) is 0 Å². The molecular formula is C32H46F3N5. The van der Waals surface area contributed by atoms with Crippen LogP contribution in [0.5, 0.6) is 0 Å². The van der Waals surface area contributed by atoms with Crippen LogP contribution in [0.2, 0.25) is 0 Å². The molecule has 3 aromatic rings. The van der Waals surface area contributed by atoms with Crippen molar-refractivity contribution in [2.24, 2.45) is 18.7 Å². The van der Waals surface area contributed by atoms with E-state index in [0.717, 1.165) is 28.1 Å². The molecule has 1 aromatic carbocycles. The number of benzene rings is 1. The number of nitrogens with zero attached hydrogens (tertiary/aromatic N) is 3. The molecule has 220 valence electrons. The number of halogens is 3. The summed E-state index contributed by atoms with van der Waals surface area (Å²) in [4.78, 5) is 4.14. The second-order valence-corrected chi connectivity index (χ2v) is 10.0. The minimum atomic E-state index is -4.43. The van der Waals surface area contributed by atoms with Crippen molar-refractivity contribution in [2.75, 3.05) is 6.54 Å². The zero-order valence-electron chi connectivity index (χ0n) is 24.9. The van der Waals surface area contributed by atoms with E-state index in [1.54, 1.807) is 36.5 Å². The molecule has 0 spiro atoms. The van der Waals surface area contributed by atoms with Crippen molar-refractivity contribution < 1.29 is 13.2 Å². The molecule has 1 aliphatic rings. The fraction of sp³-hybridized carbons (Fsp3) is 0.500. The van der Waals surface area contributed by atoms with Crippen molar-refractivity contribution in [2.45, 2.75) is 85.7 Å². The van der Waals surface area contributed by atoms with Gasteiger partial charge in [0.05, 0.1) is 17.5 Å². The van der Waals surface area contributed by atoms with E-state index in [2.05, 4.69) is 36.2 Å². The molecule has 4 rings (SSSR count). The summed E-state index contributed by atoms with van der Waals surface area (Å²) in [5.74, 6) is 0.955. The van der Waals surface area contributed by atoms with Crippen molar-refractivity contribution in [3.63, 3.8) is 0 Å². The molecule has 5 nitrogen and oxygen atoms in total. The normalized spacial score (nSPS) is 13.6. The van der Waals surface area contributed by atoms with Crippen LogP contribution in [0.25, 0.3) is 22.5 Å². The lowest BCUT2D eigenvalue weighted by Crippen LogP contribution is -2.33. The summed E-state index contributed by atoms with van der Waals surface area (Å²) in [6.45, 7) is 11.5. The highest BCUT2D eigenvalue weighted by molar-refractivity contribution is 5.81. The summed E-state index contributed by atoms with van der Waals surface area (Å²) in [6, 6.07) is 5.59. The number of nitrogens with one attached hydrogen (secondary N) is 1. The van der Waals surface area contributed by atoms with Crippen molar-refractivity contribution in [3.05, 3.63) is 70.6 Å². The maximum atomic E-state index is 13.3. The topological polar surface area (TPSA) is 68.8 Å². The maximum absolute atomic E-state index is 13.3. The van der Waals surface area contributed by atoms with Crippen LogP contribution in [-0.2, 0) is 13.2 Å². The molecule has 2 aromatic heterocycles. The predicted octanol–water partition coefficient (Wildman–Crippen LogP) is 6.75. The molecular weight excluding hydrogens is 511 g/mol. The summed E-state index contributed by atoms with van der Waals surface area (Å²) < 4.78 is 41.6. The number of hydrogen-bond acceptors (Lipinski definition) is 4. The molecule has 0 saturated heterocycles. The van der Waals surface area contributed by atoms with E-state index in [0.29, 0.717) is 35.4 Å². The molecule has 1 aliphatic heterocycles. The summed E-state index contributed by atoms with van der Waals surface area (Å²) >= 11 is 0. The van der Waals surface area contributed by atoms with Crippen molar-refractivity contribution in [1.29, 1.82) is 0 Å². The van der Waals surface area contributed by atoms with Gasteiger partial charge in [-0.1, -0.05) is 79.2 Å². The quantitative estimate of drug-likeness (QED) is 0.301. The Morgan fingerprint density at radius 3 is 2.40 bits per heavy atom. The smallest absolute Gasteiger partial charge is 0.401 e. The molecule has 0 amide bonds. The molecule has 0 bridgehead atoms. The van der Waals surface area contributed by atoms with Gasteiger partial charge in [-0.2, -0.15) is 18.3 Å². The largest absolute Gasteiger partial charge is 0.416 e. The first-order valence-electron chi connectivity index (χ1n) is 14.5. The highest BCUT2D eigenvalue weighted by Crippen LogP contribution is 2.35. The van der Waals surface area contributed by atoms with E-state index < -0.39 is 11.7 Å². The van der Waals surface area contributed by atoms with Gasteiger partial charge < -0.3 is 11.1 Å². The van der Waals surface area contributed by atoms with E-state index in [1.807, 2.05) is 19.9 Å². The number of pyridine rings is 1. The van der Waals surface area contributed by atoms with Gasteiger partial charge in [0.15, 0.2) is 0 Å². The Bertz CT molecular complexity index is 1310. The van der Waals surface area contributed by atoms with Crippen molar-refractivity contribution >= 4 is 11.4 Å². The van der Waals surface area contributed by atoms with E-state index >= 15 is 0 Å². The minimum absolute atomic E-state index is 0.452. The monoisotopic (exact) mass is 557 g/mol. The van der Waals surface area contributed by atoms with Gasteiger partial charge in [0, 0.05) is 65.9 Å². The summed E-state index contributed by atoms with van der Waals surface area (Å²) in [7, 11) is 1.73. The maximum Gasteiger partial charge on any atom is 0.416 e. The molecule has 3 heterocycles. The molecule has 8 heteroatoms. The van der Waals surface area contributed by atoms with Crippen LogP contribution in [0.4, 0.5) is 13.2 Å². The van der Waals surface area contributed by atoms with Gasteiger partial charge >= 0.3 is 6.18 Å². The van der Waals surface area contributed by atoms with Crippen molar-refractivity contribution in [3.8, 4) is 11.1 Å². The summed E-state index contributed by atoms with van der Waals surface area (Å²) in [6.07, 6.45) is 11.2. The van der Waals surface area contributed by atoms with Crippen LogP contribution in [0.15, 0.2) is 49.1 Å². The van der Waals surface area contributed by atoms with E-state index in [4.69, 9.17) is 5.73 Å². The summed E-state index contributed by atoms with van der Waals surface area (Å²) in [5.41, 5.74) is 8.61. The Labute approximate surface area is 237 Å². The van der Waals surface area contributed by atoms with Crippen LogP contribution in [0, 0.1) is 5.92 Å². The molecule has 3 N–H and O–H groups in total. The Hall–Kier alpha value is -3.29. The first-order chi connectivity index (χ1) is 19.2. The van der Waals surface area contributed by atoms with Gasteiger partial charge in [-0.3, -0.25) is 9.67 Å². The SMILES string of the molecule is CC.CCCCCCC(C)CC.Cn1cc(-c2cc(C(F)(F)F)ccc2C2=c3ccncc3=C(N)CCN2)cn1. The highest BCUT2D eigenvalue weighted by Gasteiger charge is 2.31. The lowest BCUT2D eigenvalue weighted by atomic mass is 9.96. The molecule has 0 fully saturated rings. The average molecular weight is 558 g/mol. The van der Waals surface area contributed by atoms with Crippen LogP contribution in [0.3, 0.4) is 0 Å². The number of hydrogen-bond donors (Lipinski definition) is 2. The van der Waals surface area contributed by atoms with Gasteiger partial charge in [-0.25, -0.2) is 0 Å². The Morgan fingerprint density at radius 1 is 1.02 bits per heavy atom. The Kier molecular flexibility index (Phi) is 13.2. The third-order valence-corrected chi connectivity index (χ3v) is 7.01. The summed E-state index contributed by atoms with van der Waals surface area (Å²) in [5, 5.41) is 9.06. The number of rotatable bonds is 8. The van der Waals surface area contributed by atoms with E-state index in [1.165, 1.54) is 50.7 Å². The predicted molar refractivity (Wildman–Crippen MR) is 159 cm³/mol. The lowest BCUT2D eigenvalue weighted by Gasteiger charge is -2.16. The lowest BCUT2D eigenvalue weighted by molar-refractivity contribution is -0.137. The molecule has 1 atom stereocenters. The van der Waals surface area contributed by atoms with Gasteiger partial charge in [-0.15, -0.1) is 0 Å². The second kappa shape index (κ2) is 16.1. The third-order valence-electron chi connectivity index (χ3n) is 7.01. The number of unbranched alkanes of at least 4 members (excludes halogenated alkanes) is 3. The van der Waals surface area contributed by atoms with Crippen LogP contribution >= 0.6 is 0 Å². The third kappa shape index (κ3) is 9.14. The van der Waals surface area contributed by atoms with Crippen LogP contribution in [0.1, 0.15) is 90.7 Å². The number of fused-ring (bicyclic) bond motifs is 1. The zero-order chi connectivity index (χ0) is 29.7. The van der Waals surface area contributed by atoms with Crippen LogP contribution < -0.4 is 21.5 Å². The number of nitrogens with two attached hydrogens (primary N) is 1. The minimum Gasteiger partial charge on any atom is -0.401 e. The standard InChI is InChI=1S/C20H18F3N5.C10H22.C2H6/c1-28-11-12(9-27-28)16-8-13(20(21,22)23)2-3-14(16)19-15-4-6-25-10-17(15)18(24)5-7-26-19;1-4-6-7-8-9-10(3)5-2;1-2/h2-4,6,8-11,26H,5,7,24H2,1H3;10H,4-9H2,1-3H3;1-2H3. The average Bonchev–Trinajstić information content (AvgIpc) is 3.32. The first-order valence-corrected chi connectivity index (χ1v) is 14.5. The van der Waals surface area contributed by atoms with E-state index in [-0.39, 0.29) is 0 Å². The van der Waals surface area contributed by atoms with Crippen LogP contribution in [-0.4, -0.2) is 21.3 Å². The highest BCUT2D eigenvalue weighted by atomic mass is 19.4. The second-order valence-electron chi connectivity index (χ2n) is 10.0. The fourth-order valence-electron chi connectivity index (χ4n) is 4.52. The molecule has 0 radical (unpaired) electrons. The molecule has 1 unspecified atom stereocenters. The zero-order valence-corrected chi connectivity index (χ0v) is 24.9. The number of alkyl halides is 3. The van der Waals surface area contributed by atoms with E-state index in [9.17, 15) is 13.2 Å². The van der Waals surface area contributed by atoms with Gasteiger partial charge in [0.2, 0.25) is 0 Å². The Balaban J connectivity index is 0.000000398. The number of aromatic nitrogens is 3. The fourth-order valence-corrected chi connectivity index (χ4v) is 4.52. The number of aryl methyl sites for hydroxylation is 1. The molecule has 0 aliphatic carbocycles. The van der Waals surface area contributed by atoms with Gasteiger partial charge in [-0.05, 0) is 29.7 Å². The molecule has 0 saturated carbocycles. The van der Waals surface area contributed by atoms with Gasteiger partial charge in [0.1, 0.15) is 0 Å². The Morgan fingerprint density at radius 2 is 1.77 bits per heavy atom. The molecule has 40 heavy (non-hydrogen) atoms.